The van der Waals surface area contributed by atoms with Gasteiger partial charge in [0, 0.05) is 24.8 Å². The van der Waals surface area contributed by atoms with Gasteiger partial charge in [0.1, 0.15) is 11.0 Å². The highest BCUT2D eigenvalue weighted by atomic mass is 35.5. The van der Waals surface area contributed by atoms with Crippen molar-refractivity contribution in [1.29, 1.82) is 0 Å². The molecule has 0 amide bonds. The average molecular weight is 441 g/mol. The third kappa shape index (κ3) is 4.03. The van der Waals surface area contributed by atoms with Crippen LogP contribution in [0.4, 0.5) is 11.8 Å². The summed E-state index contributed by atoms with van der Waals surface area (Å²) in [6, 6.07) is 8.15. The van der Waals surface area contributed by atoms with Gasteiger partial charge in [0.2, 0.25) is 5.95 Å². The molecule has 31 heavy (non-hydrogen) atoms. The molecule has 3 aromatic heterocycles. The Balaban J connectivity index is 1.65. The maximum atomic E-state index is 5.95. The number of rotatable bonds is 3. The zero-order chi connectivity index (χ0) is 21.4. The summed E-state index contributed by atoms with van der Waals surface area (Å²) in [6.45, 7) is 8.52. The third-order valence-corrected chi connectivity index (χ3v) is 6.04. The SMILES string of the molecule is C[C@H]1COCCN1c1nc(N2CCOC[C@@H]2C)c2ccc(-c3ccc(Cl)nc3)nc2n1. The van der Waals surface area contributed by atoms with Gasteiger partial charge in [-0.2, -0.15) is 9.97 Å². The number of pyridine rings is 2. The van der Waals surface area contributed by atoms with Gasteiger partial charge in [-0.25, -0.2) is 9.97 Å². The van der Waals surface area contributed by atoms with Crippen molar-refractivity contribution in [3.63, 3.8) is 0 Å². The number of nitrogens with zero attached hydrogens (tertiary/aromatic N) is 6. The Bertz CT molecular complexity index is 1080. The summed E-state index contributed by atoms with van der Waals surface area (Å²) in [4.78, 5) is 23.5. The summed E-state index contributed by atoms with van der Waals surface area (Å²) in [5, 5.41) is 1.39. The fourth-order valence-electron chi connectivity index (χ4n) is 4.08. The molecule has 0 bridgehead atoms. The Kier molecular flexibility index (Phi) is 5.60. The van der Waals surface area contributed by atoms with Gasteiger partial charge in [-0.15, -0.1) is 0 Å². The highest BCUT2D eigenvalue weighted by Gasteiger charge is 2.27. The number of halogens is 1. The second-order valence-electron chi connectivity index (χ2n) is 8.02. The van der Waals surface area contributed by atoms with E-state index in [2.05, 4.69) is 34.7 Å². The predicted molar refractivity (Wildman–Crippen MR) is 121 cm³/mol. The summed E-state index contributed by atoms with van der Waals surface area (Å²) in [5.74, 6) is 1.60. The van der Waals surface area contributed by atoms with E-state index in [4.69, 9.17) is 36.0 Å². The lowest BCUT2D eigenvalue weighted by Gasteiger charge is -2.37. The van der Waals surface area contributed by atoms with Crippen LogP contribution in [0.5, 0.6) is 0 Å². The fraction of sp³-hybridized carbons (Fsp3) is 0.455. The van der Waals surface area contributed by atoms with Crippen molar-refractivity contribution >= 4 is 34.4 Å². The van der Waals surface area contributed by atoms with E-state index in [1.807, 2.05) is 12.1 Å². The van der Waals surface area contributed by atoms with Crippen molar-refractivity contribution in [2.45, 2.75) is 25.9 Å². The number of ether oxygens (including phenoxy) is 2. The second kappa shape index (κ2) is 8.53. The van der Waals surface area contributed by atoms with Gasteiger partial charge in [-0.1, -0.05) is 11.6 Å². The van der Waals surface area contributed by atoms with Gasteiger partial charge in [0.25, 0.3) is 0 Å². The second-order valence-corrected chi connectivity index (χ2v) is 8.41. The van der Waals surface area contributed by atoms with Crippen molar-refractivity contribution < 1.29 is 9.47 Å². The predicted octanol–water partition coefficient (Wildman–Crippen LogP) is 3.19. The molecule has 0 aromatic carbocycles. The molecule has 0 spiro atoms. The Morgan fingerprint density at radius 1 is 0.903 bits per heavy atom. The maximum Gasteiger partial charge on any atom is 0.229 e. The smallest absolute Gasteiger partial charge is 0.229 e. The molecule has 0 aliphatic carbocycles. The lowest BCUT2D eigenvalue weighted by molar-refractivity contribution is 0.0973. The van der Waals surface area contributed by atoms with Crippen LogP contribution < -0.4 is 9.80 Å². The molecule has 5 heterocycles. The molecule has 162 valence electrons. The maximum absolute atomic E-state index is 5.95. The lowest BCUT2D eigenvalue weighted by Crippen LogP contribution is -2.46. The van der Waals surface area contributed by atoms with Gasteiger partial charge >= 0.3 is 0 Å². The quantitative estimate of drug-likeness (QED) is 0.575. The summed E-state index contributed by atoms with van der Waals surface area (Å²) in [7, 11) is 0. The van der Waals surface area contributed by atoms with Gasteiger partial charge in [-0.05, 0) is 38.1 Å². The Morgan fingerprint density at radius 2 is 1.65 bits per heavy atom. The molecule has 2 fully saturated rings. The van der Waals surface area contributed by atoms with Crippen LogP contribution in [-0.4, -0.2) is 71.5 Å². The van der Waals surface area contributed by atoms with E-state index >= 15 is 0 Å². The fourth-order valence-corrected chi connectivity index (χ4v) is 4.20. The summed E-state index contributed by atoms with van der Waals surface area (Å²) < 4.78 is 11.3. The van der Waals surface area contributed by atoms with E-state index in [-0.39, 0.29) is 12.1 Å². The van der Waals surface area contributed by atoms with Crippen molar-refractivity contribution in [3.05, 3.63) is 35.6 Å². The first-order valence-electron chi connectivity index (χ1n) is 10.6. The molecule has 0 N–H and O–H groups in total. The zero-order valence-electron chi connectivity index (χ0n) is 17.7. The number of anilines is 2. The van der Waals surface area contributed by atoms with E-state index in [1.165, 1.54) is 0 Å². The van der Waals surface area contributed by atoms with E-state index in [0.29, 0.717) is 43.2 Å². The van der Waals surface area contributed by atoms with Crippen molar-refractivity contribution in [1.82, 2.24) is 19.9 Å². The number of aromatic nitrogens is 4. The van der Waals surface area contributed by atoms with Crippen molar-refractivity contribution in [2.24, 2.45) is 0 Å². The van der Waals surface area contributed by atoms with Gasteiger partial charge in [0.05, 0.1) is 49.6 Å². The number of hydrogen-bond donors (Lipinski definition) is 0. The summed E-state index contributed by atoms with van der Waals surface area (Å²) >= 11 is 5.95. The van der Waals surface area contributed by atoms with Crippen LogP contribution in [0.2, 0.25) is 5.15 Å². The molecule has 9 heteroatoms. The van der Waals surface area contributed by atoms with E-state index in [0.717, 1.165) is 35.6 Å². The molecule has 0 saturated carbocycles. The standard InChI is InChI=1S/C22H25ClN6O2/c1-14-12-30-9-7-28(14)21-17-4-5-18(16-3-6-19(23)24-11-16)25-20(17)26-22(27-21)29-8-10-31-13-15(29)2/h3-6,11,14-15H,7-10,12-13H2,1-2H3/t14-,15-/m0/s1. The largest absolute Gasteiger partial charge is 0.377 e. The molecule has 3 aromatic rings. The lowest BCUT2D eigenvalue weighted by atomic mass is 10.1. The first kappa shape index (κ1) is 20.4. The first-order valence-corrected chi connectivity index (χ1v) is 11.0. The van der Waals surface area contributed by atoms with Crippen molar-refractivity contribution in [2.75, 3.05) is 49.3 Å². The Morgan fingerprint density at radius 3 is 2.32 bits per heavy atom. The normalized spacial score (nSPS) is 22.2. The molecule has 0 radical (unpaired) electrons. The average Bonchev–Trinajstić information content (AvgIpc) is 2.79. The molecule has 2 aliphatic heterocycles. The highest BCUT2D eigenvalue weighted by molar-refractivity contribution is 6.29. The van der Waals surface area contributed by atoms with Crippen LogP contribution in [0.25, 0.3) is 22.3 Å². The van der Waals surface area contributed by atoms with Gasteiger partial charge < -0.3 is 19.3 Å². The number of hydrogen-bond acceptors (Lipinski definition) is 8. The van der Waals surface area contributed by atoms with Crippen LogP contribution in [-0.2, 0) is 9.47 Å². The Labute approximate surface area is 186 Å². The van der Waals surface area contributed by atoms with Crippen LogP contribution in [0.3, 0.4) is 0 Å². The molecule has 0 unspecified atom stereocenters. The van der Waals surface area contributed by atoms with Crippen LogP contribution >= 0.6 is 11.6 Å². The molecule has 2 aliphatic rings. The first-order chi connectivity index (χ1) is 15.1. The van der Waals surface area contributed by atoms with Crippen LogP contribution in [0, 0.1) is 0 Å². The van der Waals surface area contributed by atoms with Crippen LogP contribution in [0.1, 0.15) is 13.8 Å². The topological polar surface area (TPSA) is 76.5 Å². The monoisotopic (exact) mass is 440 g/mol. The summed E-state index contributed by atoms with van der Waals surface area (Å²) in [6.07, 6.45) is 1.73. The molecule has 2 saturated heterocycles. The number of fused-ring (bicyclic) bond motifs is 1. The highest BCUT2D eigenvalue weighted by Crippen LogP contribution is 2.31. The van der Waals surface area contributed by atoms with E-state index in [1.54, 1.807) is 12.3 Å². The molecule has 8 nitrogen and oxygen atoms in total. The molecule has 2 atom stereocenters. The third-order valence-electron chi connectivity index (χ3n) is 5.82. The summed E-state index contributed by atoms with van der Waals surface area (Å²) in [5.41, 5.74) is 2.37. The molecular weight excluding hydrogens is 416 g/mol. The number of morpholine rings is 2. The van der Waals surface area contributed by atoms with Crippen LogP contribution in [0.15, 0.2) is 30.5 Å². The minimum absolute atomic E-state index is 0.199. The Hall–Kier alpha value is -2.55. The van der Waals surface area contributed by atoms with Gasteiger partial charge in [0.15, 0.2) is 5.65 Å². The van der Waals surface area contributed by atoms with Gasteiger partial charge in [-0.3, -0.25) is 0 Å². The van der Waals surface area contributed by atoms with Crippen molar-refractivity contribution in [3.8, 4) is 11.3 Å². The zero-order valence-corrected chi connectivity index (χ0v) is 18.4. The van der Waals surface area contributed by atoms with E-state index < -0.39 is 0 Å². The molecule has 5 rings (SSSR count). The van der Waals surface area contributed by atoms with E-state index in [9.17, 15) is 0 Å². The molecular formula is C22H25ClN6O2. The minimum Gasteiger partial charge on any atom is -0.377 e. The minimum atomic E-state index is 0.199.